The summed E-state index contributed by atoms with van der Waals surface area (Å²) < 4.78 is 0.916. The molecule has 0 amide bonds. The summed E-state index contributed by atoms with van der Waals surface area (Å²) in [6.07, 6.45) is 1.05. The lowest BCUT2D eigenvalue weighted by Gasteiger charge is -2.17. The quantitative estimate of drug-likeness (QED) is 0.851. The van der Waals surface area contributed by atoms with Gasteiger partial charge in [-0.2, -0.15) is 5.26 Å². The number of nitrogens with zero attached hydrogens (tertiary/aromatic N) is 1. The van der Waals surface area contributed by atoms with Gasteiger partial charge in [-0.3, -0.25) is 0 Å². The molecule has 1 N–H and O–H groups in total. The van der Waals surface area contributed by atoms with Gasteiger partial charge in [0, 0.05) is 10.5 Å². The van der Waals surface area contributed by atoms with Crippen LogP contribution in [0.2, 0.25) is 0 Å². The third kappa shape index (κ3) is 3.40. The van der Waals surface area contributed by atoms with E-state index in [1.807, 2.05) is 18.2 Å². The van der Waals surface area contributed by atoms with E-state index in [2.05, 4.69) is 65.4 Å². The maximum atomic E-state index is 9.18. The molecule has 0 fully saturated rings. The number of nitrogens with one attached hydrogen (secondary N) is 1. The van der Waals surface area contributed by atoms with Gasteiger partial charge in [0.05, 0.1) is 11.3 Å². The number of aryl methyl sites for hydroxylation is 1. The monoisotopic (exact) mass is 328 g/mol. The summed E-state index contributed by atoms with van der Waals surface area (Å²) in [5, 5.41) is 12.6. The molecule has 102 valence electrons. The first-order chi connectivity index (χ1) is 9.63. The van der Waals surface area contributed by atoms with Crippen molar-refractivity contribution in [1.29, 1.82) is 5.26 Å². The Labute approximate surface area is 128 Å². The molecule has 0 spiro atoms. The van der Waals surface area contributed by atoms with E-state index in [-0.39, 0.29) is 6.04 Å². The number of rotatable bonds is 4. The van der Waals surface area contributed by atoms with Crippen molar-refractivity contribution >= 4 is 21.6 Å². The molecule has 0 aliphatic heterocycles. The van der Waals surface area contributed by atoms with Gasteiger partial charge in [0.15, 0.2) is 0 Å². The van der Waals surface area contributed by atoms with Gasteiger partial charge in [-0.25, -0.2) is 0 Å². The van der Waals surface area contributed by atoms with Gasteiger partial charge in [-0.15, -0.1) is 0 Å². The minimum absolute atomic E-state index is 0.161. The highest BCUT2D eigenvalue weighted by Gasteiger charge is 2.08. The normalized spacial score (nSPS) is 11.7. The first kappa shape index (κ1) is 14.6. The third-order valence-corrected chi connectivity index (χ3v) is 3.86. The number of benzene rings is 2. The summed E-state index contributed by atoms with van der Waals surface area (Å²) in [6, 6.07) is 16.7. The predicted octanol–water partition coefficient (Wildman–Crippen LogP) is 5.06. The highest BCUT2D eigenvalue weighted by molar-refractivity contribution is 9.10. The Bertz CT molecular complexity index is 626. The van der Waals surface area contributed by atoms with Crippen LogP contribution < -0.4 is 5.32 Å². The van der Waals surface area contributed by atoms with Crippen LogP contribution in [0, 0.1) is 11.3 Å². The molecular weight excluding hydrogens is 312 g/mol. The molecule has 2 aromatic carbocycles. The molecule has 0 radical (unpaired) electrons. The number of anilines is 1. The predicted molar refractivity (Wildman–Crippen MR) is 86.7 cm³/mol. The van der Waals surface area contributed by atoms with Crippen molar-refractivity contribution in [2.24, 2.45) is 0 Å². The van der Waals surface area contributed by atoms with E-state index in [0.29, 0.717) is 5.56 Å². The fourth-order valence-corrected chi connectivity index (χ4v) is 2.45. The molecular formula is C17H17BrN2. The van der Waals surface area contributed by atoms with E-state index in [1.54, 1.807) is 0 Å². The van der Waals surface area contributed by atoms with Crippen LogP contribution in [0.15, 0.2) is 46.9 Å². The van der Waals surface area contributed by atoms with Crippen LogP contribution in [0.5, 0.6) is 0 Å². The smallest absolute Gasteiger partial charge is 0.101 e. The molecule has 0 saturated heterocycles. The Morgan fingerprint density at radius 3 is 2.50 bits per heavy atom. The molecule has 0 saturated carbocycles. The van der Waals surface area contributed by atoms with E-state index < -0.39 is 0 Å². The summed E-state index contributed by atoms with van der Waals surface area (Å²) in [6.45, 7) is 4.25. The second-order valence-corrected chi connectivity index (χ2v) is 5.68. The second kappa shape index (κ2) is 6.58. The van der Waals surface area contributed by atoms with Crippen molar-refractivity contribution in [2.75, 3.05) is 5.32 Å². The molecule has 1 unspecified atom stereocenters. The van der Waals surface area contributed by atoms with Gasteiger partial charge in [-0.1, -0.05) is 47.1 Å². The zero-order valence-corrected chi connectivity index (χ0v) is 13.2. The highest BCUT2D eigenvalue weighted by Crippen LogP contribution is 2.25. The molecule has 0 heterocycles. The van der Waals surface area contributed by atoms with Crippen molar-refractivity contribution in [2.45, 2.75) is 26.3 Å². The molecule has 0 aromatic heterocycles. The molecule has 2 aromatic rings. The van der Waals surface area contributed by atoms with Crippen LogP contribution in [0.4, 0.5) is 5.69 Å². The Morgan fingerprint density at radius 2 is 1.90 bits per heavy atom. The molecule has 3 heteroatoms. The minimum atomic E-state index is 0.161. The first-order valence-corrected chi connectivity index (χ1v) is 7.48. The van der Waals surface area contributed by atoms with E-state index in [4.69, 9.17) is 0 Å². The van der Waals surface area contributed by atoms with Gasteiger partial charge in [0.25, 0.3) is 0 Å². The number of hydrogen-bond donors (Lipinski definition) is 1. The lowest BCUT2D eigenvalue weighted by molar-refractivity contribution is 0.882. The van der Waals surface area contributed by atoms with Gasteiger partial charge in [-0.05, 0) is 42.7 Å². The zero-order valence-electron chi connectivity index (χ0n) is 11.7. The van der Waals surface area contributed by atoms with Gasteiger partial charge in [0.2, 0.25) is 0 Å². The largest absolute Gasteiger partial charge is 0.377 e. The van der Waals surface area contributed by atoms with Gasteiger partial charge < -0.3 is 5.32 Å². The topological polar surface area (TPSA) is 35.8 Å². The third-order valence-electron chi connectivity index (χ3n) is 3.36. The van der Waals surface area contributed by atoms with E-state index in [1.165, 1.54) is 11.1 Å². The van der Waals surface area contributed by atoms with Crippen molar-refractivity contribution in [3.8, 4) is 6.07 Å². The van der Waals surface area contributed by atoms with Gasteiger partial charge in [0.1, 0.15) is 6.07 Å². The maximum absolute atomic E-state index is 9.18. The molecule has 2 rings (SSSR count). The van der Waals surface area contributed by atoms with Crippen LogP contribution in [-0.4, -0.2) is 0 Å². The molecule has 20 heavy (non-hydrogen) atoms. The van der Waals surface area contributed by atoms with Crippen LogP contribution in [0.1, 0.15) is 36.6 Å². The molecule has 0 aliphatic carbocycles. The number of nitriles is 1. The molecule has 0 aliphatic rings. The zero-order chi connectivity index (χ0) is 14.5. The van der Waals surface area contributed by atoms with Crippen molar-refractivity contribution in [3.63, 3.8) is 0 Å². The Kier molecular flexibility index (Phi) is 4.81. The first-order valence-electron chi connectivity index (χ1n) is 6.69. The number of hydrogen-bond acceptors (Lipinski definition) is 2. The molecule has 2 nitrogen and oxygen atoms in total. The maximum Gasteiger partial charge on any atom is 0.101 e. The van der Waals surface area contributed by atoms with Crippen LogP contribution >= 0.6 is 15.9 Å². The average Bonchev–Trinajstić information content (AvgIpc) is 2.49. The molecule has 1 atom stereocenters. The number of halogens is 1. The lowest BCUT2D eigenvalue weighted by atomic mass is 10.0. The van der Waals surface area contributed by atoms with E-state index in [0.717, 1.165) is 16.6 Å². The van der Waals surface area contributed by atoms with E-state index >= 15 is 0 Å². The second-order valence-electron chi connectivity index (χ2n) is 4.76. The molecule has 0 bridgehead atoms. The Balaban J connectivity index is 2.18. The standard InChI is InChI=1S/C17H17BrN2/c1-3-13-4-6-14(7-5-13)12(2)20-17-9-8-16(18)10-15(17)11-19/h4-10,12,20H,3H2,1-2H3. The summed E-state index contributed by atoms with van der Waals surface area (Å²) in [7, 11) is 0. The lowest BCUT2D eigenvalue weighted by Crippen LogP contribution is -2.07. The fourth-order valence-electron chi connectivity index (χ4n) is 2.09. The summed E-state index contributed by atoms with van der Waals surface area (Å²) >= 11 is 3.39. The van der Waals surface area contributed by atoms with Gasteiger partial charge >= 0.3 is 0 Å². The van der Waals surface area contributed by atoms with E-state index in [9.17, 15) is 5.26 Å². The highest BCUT2D eigenvalue weighted by atomic mass is 79.9. The van der Waals surface area contributed by atoms with Crippen molar-refractivity contribution < 1.29 is 0 Å². The SMILES string of the molecule is CCc1ccc(C(C)Nc2ccc(Br)cc2C#N)cc1. The summed E-state index contributed by atoms with van der Waals surface area (Å²) in [5.74, 6) is 0. The van der Waals surface area contributed by atoms with Crippen molar-refractivity contribution in [1.82, 2.24) is 0 Å². The Morgan fingerprint density at radius 1 is 1.20 bits per heavy atom. The minimum Gasteiger partial charge on any atom is -0.377 e. The van der Waals surface area contributed by atoms with Crippen LogP contribution in [0.3, 0.4) is 0 Å². The fraction of sp³-hybridized carbons (Fsp3) is 0.235. The van der Waals surface area contributed by atoms with Crippen molar-refractivity contribution in [3.05, 3.63) is 63.6 Å². The summed E-state index contributed by atoms with van der Waals surface area (Å²) in [5.41, 5.74) is 4.07. The van der Waals surface area contributed by atoms with Crippen LogP contribution in [-0.2, 0) is 6.42 Å². The Hall–Kier alpha value is -1.79. The van der Waals surface area contributed by atoms with Crippen LogP contribution in [0.25, 0.3) is 0 Å². The summed E-state index contributed by atoms with van der Waals surface area (Å²) in [4.78, 5) is 0. The average molecular weight is 329 g/mol.